The van der Waals surface area contributed by atoms with Crippen molar-refractivity contribution in [3.05, 3.63) is 0 Å². The Bertz CT molecular complexity index is 154. The highest BCUT2D eigenvalue weighted by molar-refractivity contribution is 4.88. The molecule has 0 amide bonds. The first-order valence-corrected chi connectivity index (χ1v) is 6.09. The van der Waals surface area contributed by atoms with Crippen molar-refractivity contribution in [3.63, 3.8) is 0 Å². The van der Waals surface area contributed by atoms with Gasteiger partial charge in [0.15, 0.2) is 0 Å². The maximum absolute atomic E-state index is 5.82. The van der Waals surface area contributed by atoms with Crippen LogP contribution in [-0.2, 0) is 0 Å². The van der Waals surface area contributed by atoms with E-state index >= 15 is 0 Å². The van der Waals surface area contributed by atoms with Crippen molar-refractivity contribution < 1.29 is 0 Å². The number of likely N-dealkylation sites (N-methyl/N-ethyl adjacent to an activating group) is 1. The van der Waals surface area contributed by atoms with Gasteiger partial charge in [-0.05, 0) is 38.1 Å². The molecule has 0 heterocycles. The summed E-state index contributed by atoms with van der Waals surface area (Å²) in [4.78, 5) is 2.48. The molecule has 2 unspecified atom stereocenters. The van der Waals surface area contributed by atoms with Gasteiger partial charge in [-0.25, -0.2) is 0 Å². The van der Waals surface area contributed by atoms with E-state index in [1.54, 1.807) is 0 Å². The summed E-state index contributed by atoms with van der Waals surface area (Å²) in [6.07, 6.45) is 5.43. The SMILES string of the molecule is CCCC(C)CN(C)C(CN)C1CC1. The van der Waals surface area contributed by atoms with Crippen LogP contribution in [0.2, 0.25) is 0 Å². The third kappa shape index (κ3) is 3.58. The number of nitrogens with two attached hydrogens (primary N) is 1. The third-order valence-electron chi connectivity index (χ3n) is 3.35. The van der Waals surface area contributed by atoms with E-state index in [1.165, 1.54) is 32.2 Å². The molecule has 14 heavy (non-hydrogen) atoms. The maximum Gasteiger partial charge on any atom is 0.0243 e. The van der Waals surface area contributed by atoms with E-state index in [9.17, 15) is 0 Å². The van der Waals surface area contributed by atoms with Crippen molar-refractivity contribution in [3.8, 4) is 0 Å². The lowest BCUT2D eigenvalue weighted by molar-refractivity contribution is 0.192. The van der Waals surface area contributed by atoms with Gasteiger partial charge in [0, 0.05) is 19.1 Å². The number of nitrogens with zero attached hydrogens (tertiary/aromatic N) is 1. The van der Waals surface area contributed by atoms with Crippen molar-refractivity contribution in [2.45, 2.75) is 45.6 Å². The lowest BCUT2D eigenvalue weighted by Gasteiger charge is -2.29. The quantitative estimate of drug-likeness (QED) is 0.679. The van der Waals surface area contributed by atoms with E-state index in [2.05, 4.69) is 25.8 Å². The van der Waals surface area contributed by atoms with Gasteiger partial charge >= 0.3 is 0 Å². The summed E-state index contributed by atoms with van der Waals surface area (Å²) in [5, 5.41) is 0. The molecule has 1 fully saturated rings. The zero-order valence-electron chi connectivity index (χ0n) is 10.00. The molecule has 0 saturated heterocycles. The van der Waals surface area contributed by atoms with Crippen LogP contribution in [0.5, 0.6) is 0 Å². The van der Waals surface area contributed by atoms with Gasteiger partial charge in [-0.1, -0.05) is 20.3 Å². The fraction of sp³-hybridized carbons (Fsp3) is 1.00. The molecule has 84 valence electrons. The first-order chi connectivity index (χ1) is 6.69. The maximum atomic E-state index is 5.82. The molecule has 1 aliphatic rings. The zero-order valence-corrected chi connectivity index (χ0v) is 10.00. The summed E-state index contributed by atoms with van der Waals surface area (Å²) in [5.74, 6) is 1.72. The van der Waals surface area contributed by atoms with Crippen LogP contribution in [0.3, 0.4) is 0 Å². The molecule has 2 nitrogen and oxygen atoms in total. The Labute approximate surface area is 88.8 Å². The molecule has 2 N–H and O–H groups in total. The van der Waals surface area contributed by atoms with Crippen molar-refractivity contribution in [1.29, 1.82) is 0 Å². The monoisotopic (exact) mass is 198 g/mol. The van der Waals surface area contributed by atoms with Gasteiger partial charge in [0.25, 0.3) is 0 Å². The molecular formula is C12H26N2. The van der Waals surface area contributed by atoms with Gasteiger partial charge in [-0.2, -0.15) is 0 Å². The van der Waals surface area contributed by atoms with E-state index in [4.69, 9.17) is 5.73 Å². The molecule has 0 aromatic rings. The van der Waals surface area contributed by atoms with Crippen molar-refractivity contribution in [2.75, 3.05) is 20.1 Å². The van der Waals surface area contributed by atoms with E-state index < -0.39 is 0 Å². The lowest BCUT2D eigenvalue weighted by atomic mass is 10.0. The Morgan fingerprint density at radius 3 is 2.50 bits per heavy atom. The molecule has 0 aromatic heterocycles. The molecule has 0 radical (unpaired) electrons. The minimum atomic E-state index is 0.648. The molecule has 1 aliphatic carbocycles. The average molecular weight is 198 g/mol. The van der Waals surface area contributed by atoms with Crippen LogP contribution in [0.4, 0.5) is 0 Å². The topological polar surface area (TPSA) is 29.3 Å². The highest BCUT2D eigenvalue weighted by Crippen LogP contribution is 2.34. The summed E-state index contributed by atoms with van der Waals surface area (Å²) < 4.78 is 0. The van der Waals surface area contributed by atoms with E-state index in [1.807, 2.05) is 0 Å². The van der Waals surface area contributed by atoms with E-state index in [0.29, 0.717) is 6.04 Å². The van der Waals surface area contributed by atoms with Crippen LogP contribution < -0.4 is 5.73 Å². The van der Waals surface area contributed by atoms with Gasteiger partial charge in [0.2, 0.25) is 0 Å². The van der Waals surface area contributed by atoms with Gasteiger partial charge in [0.05, 0.1) is 0 Å². The molecule has 1 saturated carbocycles. The molecule has 1 rings (SSSR count). The van der Waals surface area contributed by atoms with Crippen LogP contribution in [0, 0.1) is 11.8 Å². The van der Waals surface area contributed by atoms with E-state index in [0.717, 1.165) is 18.4 Å². The first-order valence-electron chi connectivity index (χ1n) is 6.09. The number of hydrogen-bond donors (Lipinski definition) is 1. The summed E-state index contributed by atoms with van der Waals surface area (Å²) in [7, 11) is 2.24. The number of hydrogen-bond acceptors (Lipinski definition) is 2. The molecule has 2 atom stereocenters. The Hall–Kier alpha value is -0.0800. The number of rotatable bonds is 7. The largest absolute Gasteiger partial charge is 0.329 e. The molecule has 2 heteroatoms. The summed E-state index contributed by atoms with van der Waals surface area (Å²) in [5.41, 5.74) is 5.82. The molecule has 0 aromatic carbocycles. The first kappa shape index (κ1) is 12.0. The third-order valence-corrected chi connectivity index (χ3v) is 3.35. The van der Waals surface area contributed by atoms with Gasteiger partial charge in [-0.15, -0.1) is 0 Å². The smallest absolute Gasteiger partial charge is 0.0243 e. The second-order valence-electron chi connectivity index (χ2n) is 4.97. The fourth-order valence-electron chi connectivity index (χ4n) is 2.42. The van der Waals surface area contributed by atoms with Crippen molar-refractivity contribution in [2.24, 2.45) is 17.6 Å². The Kier molecular flexibility index (Phi) is 4.90. The summed E-state index contributed by atoms with van der Waals surface area (Å²) in [6.45, 7) is 6.66. The molecule has 0 spiro atoms. The second kappa shape index (κ2) is 5.72. The highest BCUT2D eigenvalue weighted by atomic mass is 15.1. The van der Waals surface area contributed by atoms with Crippen LogP contribution in [0.15, 0.2) is 0 Å². The minimum absolute atomic E-state index is 0.648. The van der Waals surface area contributed by atoms with Crippen LogP contribution in [0.1, 0.15) is 39.5 Å². The zero-order chi connectivity index (χ0) is 10.6. The molecular weight excluding hydrogens is 172 g/mol. The predicted molar refractivity (Wildman–Crippen MR) is 62.3 cm³/mol. The molecule has 0 aliphatic heterocycles. The fourth-order valence-corrected chi connectivity index (χ4v) is 2.42. The van der Waals surface area contributed by atoms with Gasteiger partial charge in [-0.3, -0.25) is 0 Å². The normalized spacial score (nSPS) is 21.2. The van der Waals surface area contributed by atoms with Gasteiger partial charge in [0.1, 0.15) is 0 Å². The van der Waals surface area contributed by atoms with Gasteiger partial charge < -0.3 is 10.6 Å². The Morgan fingerprint density at radius 2 is 2.07 bits per heavy atom. The molecule has 0 bridgehead atoms. The lowest BCUT2D eigenvalue weighted by Crippen LogP contribution is -2.41. The second-order valence-corrected chi connectivity index (χ2v) is 4.97. The van der Waals surface area contributed by atoms with Crippen LogP contribution in [0.25, 0.3) is 0 Å². The predicted octanol–water partition coefficient (Wildman–Crippen LogP) is 2.09. The Balaban J connectivity index is 2.27. The van der Waals surface area contributed by atoms with Crippen LogP contribution in [-0.4, -0.2) is 31.1 Å². The minimum Gasteiger partial charge on any atom is -0.329 e. The van der Waals surface area contributed by atoms with Crippen molar-refractivity contribution in [1.82, 2.24) is 4.90 Å². The van der Waals surface area contributed by atoms with Crippen LogP contribution >= 0.6 is 0 Å². The van der Waals surface area contributed by atoms with E-state index in [-0.39, 0.29) is 0 Å². The highest BCUT2D eigenvalue weighted by Gasteiger charge is 2.32. The summed E-state index contributed by atoms with van der Waals surface area (Å²) >= 11 is 0. The average Bonchev–Trinajstić information content (AvgIpc) is 2.89. The summed E-state index contributed by atoms with van der Waals surface area (Å²) in [6, 6.07) is 0.648. The van der Waals surface area contributed by atoms with Crippen molar-refractivity contribution >= 4 is 0 Å². The standard InChI is InChI=1S/C12H26N2/c1-4-5-10(2)9-14(3)12(8-13)11-6-7-11/h10-12H,4-9,13H2,1-3H3. The Morgan fingerprint density at radius 1 is 1.43 bits per heavy atom.